The molecule has 1 spiro atoms. The average Bonchev–Trinajstić information content (AvgIpc) is 2.73. The number of rotatable bonds is 5. The number of fused-ring (bicyclic) bond motifs is 1. The second-order valence-electron chi connectivity index (χ2n) is 8.90. The van der Waals surface area contributed by atoms with Crippen molar-refractivity contribution in [2.45, 2.75) is 64.0 Å². The highest BCUT2D eigenvalue weighted by atomic mass is 19.3. The van der Waals surface area contributed by atoms with Crippen LogP contribution in [-0.2, 0) is 4.74 Å². The van der Waals surface area contributed by atoms with Crippen molar-refractivity contribution in [3.63, 3.8) is 0 Å². The van der Waals surface area contributed by atoms with E-state index in [2.05, 4.69) is 0 Å². The molecule has 2 aromatic carbocycles. The summed E-state index contributed by atoms with van der Waals surface area (Å²) in [4.78, 5) is 14.8. The van der Waals surface area contributed by atoms with Crippen LogP contribution in [-0.4, -0.2) is 41.7 Å². The third kappa shape index (κ3) is 4.88. The monoisotopic (exact) mass is 445 g/mol. The predicted octanol–water partition coefficient (Wildman–Crippen LogP) is 5.60. The Bertz CT molecular complexity index is 964. The number of hydrogen-bond donors (Lipinski definition) is 0. The Kier molecular flexibility index (Phi) is 6.12. The van der Waals surface area contributed by atoms with Gasteiger partial charge in [-0.2, -0.15) is 8.78 Å². The lowest BCUT2D eigenvalue weighted by molar-refractivity contribution is -0.159. The molecular weight excluding hydrogens is 416 g/mol. The van der Waals surface area contributed by atoms with Crippen molar-refractivity contribution in [2.75, 3.05) is 13.1 Å². The van der Waals surface area contributed by atoms with Crippen molar-refractivity contribution >= 4 is 5.91 Å². The van der Waals surface area contributed by atoms with E-state index in [-0.39, 0.29) is 29.4 Å². The van der Waals surface area contributed by atoms with Crippen LogP contribution < -0.4 is 9.47 Å². The molecule has 172 valence electrons. The molecule has 7 heteroatoms. The summed E-state index contributed by atoms with van der Waals surface area (Å²) in [6.07, 6.45) is -1.36. The summed E-state index contributed by atoms with van der Waals surface area (Å²) in [6.45, 7) is 5.63. The van der Waals surface area contributed by atoms with Crippen molar-refractivity contribution in [1.82, 2.24) is 4.90 Å². The lowest BCUT2D eigenvalue weighted by Gasteiger charge is -2.47. The third-order valence-electron chi connectivity index (χ3n) is 5.95. The van der Waals surface area contributed by atoms with E-state index < -0.39 is 11.7 Å². The Hall–Kier alpha value is -2.67. The van der Waals surface area contributed by atoms with Crippen LogP contribution >= 0.6 is 0 Å². The minimum atomic E-state index is -3.36. The van der Waals surface area contributed by atoms with Gasteiger partial charge in [0.05, 0.1) is 17.8 Å². The first kappa shape index (κ1) is 22.5. The predicted molar refractivity (Wildman–Crippen MR) is 116 cm³/mol. The van der Waals surface area contributed by atoms with Gasteiger partial charge < -0.3 is 19.1 Å². The third-order valence-corrected chi connectivity index (χ3v) is 5.95. The number of hydrogen-bond acceptors (Lipinski definition) is 4. The van der Waals surface area contributed by atoms with E-state index in [1.54, 1.807) is 17.0 Å². The van der Waals surface area contributed by atoms with Gasteiger partial charge >= 0.3 is 6.11 Å². The summed E-state index contributed by atoms with van der Waals surface area (Å²) in [7, 11) is 0. The fraction of sp³-hybridized carbons (Fsp3) is 0.480. The van der Waals surface area contributed by atoms with Crippen molar-refractivity contribution in [3.05, 3.63) is 59.7 Å². The van der Waals surface area contributed by atoms with Crippen LogP contribution in [0.4, 0.5) is 8.78 Å². The number of ether oxygens (including phenoxy) is 3. The largest absolute Gasteiger partial charge is 0.487 e. The molecule has 2 aliphatic heterocycles. The second kappa shape index (κ2) is 8.70. The summed E-state index contributed by atoms with van der Waals surface area (Å²) in [5.41, 5.74) is 0.773. The summed E-state index contributed by atoms with van der Waals surface area (Å²) in [6, 6.07) is 14.1. The highest BCUT2D eigenvalue weighted by Crippen LogP contribution is 2.46. The molecule has 2 aromatic rings. The first-order valence-corrected chi connectivity index (χ1v) is 11.0. The van der Waals surface area contributed by atoms with E-state index >= 15 is 0 Å². The molecule has 1 saturated heterocycles. The molecule has 0 saturated carbocycles. The van der Waals surface area contributed by atoms with Gasteiger partial charge in [0.2, 0.25) is 0 Å². The fourth-order valence-electron chi connectivity index (χ4n) is 4.53. The van der Waals surface area contributed by atoms with E-state index in [1.807, 2.05) is 38.1 Å². The van der Waals surface area contributed by atoms with Crippen molar-refractivity contribution in [3.8, 4) is 11.5 Å². The first-order chi connectivity index (χ1) is 15.2. The number of halogens is 2. The Balaban J connectivity index is 1.49. The van der Waals surface area contributed by atoms with E-state index in [1.165, 1.54) is 12.1 Å². The molecule has 0 aliphatic carbocycles. The van der Waals surface area contributed by atoms with Gasteiger partial charge in [0, 0.05) is 44.8 Å². The van der Waals surface area contributed by atoms with Crippen LogP contribution in [0.5, 0.6) is 11.5 Å². The Morgan fingerprint density at radius 1 is 1.12 bits per heavy atom. The van der Waals surface area contributed by atoms with Crippen molar-refractivity contribution < 1.29 is 27.8 Å². The Labute approximate surface area is 187 Å². The van der Waals surface area contributed by atoms with Crippen LogP contribution in [0, 0.1) is 0 Å². The zero-order chi connectivity index (χ0) is 22.9. The molecule has 0 N–H and O–H groups in total. The van der Waals surface area contributed by atoms with Gasteiger partial charge in [-0.1, -0.05) is 30.3 Å². The second-order valence-corrected chi connectivity index (χ2v) is 8.90. The molecule has 0 radical (unpaired) electrons. The number of alkyl halides is 2. The first-order valence-electron chi connectivity index (χ1n) is 11.0. The number of benzene rings is 2. The number of likely N-dealkylation sites (tertiary alicyclic amines) is 1. The standard InChI is InChI=1S/C25H29F2NO4/c1-17(2)30-22-16-25(32-20-10-6-4-8-18(20)22)12-14-28(15-13-25)23(29)19-9-5-7-11-21(19)31-24(3,26)27/h4-11,17,22H,12-16H2,1-3H3. The van der Waals surface area contributed by atoms with Crippen molar-refractivity contribution in [2.24, 2.45) is 0 Å². The van der Waals surface area contributed by atoms with Crippen LogP contribution in [0.15, 0.2) is 48.5 Å². The Morgan fingerprint density at radius 2 is 1.78 bits per heavy atom. The average molecular weight is 446 g/mol. The molecule has 0 bridgehead atoms. The van der Waals surface area contributed by atoms with Crippen LogP contribution in [0.2, 0.25) is 0 Å². The molecule has 2 aliphatic rings. The van der Waals surface area contributed by atoms with Gasteiger partial charge in [0.1, 0.15) is 17.1 Å². The molecule has 0 aromatic heterocycles. The SMILES string of the molecule is CC(C)OC1CC2(CCN(C(=O)c3ccccc3OC(C)(F)F)CC2)Oc2ccccc21. The van der Waals surface area contributed by atoms with Crippen molar-refractivity contribution in [1.29, 1.82) is 0 Å². The van der Waals surface area contributed by atoms with E-state index in [0.29, 0.717) is 39.3 Å². The van der Waals surface area contributed by atoms with Gasteiger partial charge in [0.25, 0.3) is 5.91 Å². The molecule has 32 heavy (non-hydrogen) atoms. The molecule has 1 amide bonds. The maximum absolute atomic E-state index is 13.4. The quantitative estimate of drug-likeness (QED) is 0.601. The molecule has 4 rings (SSSR count). The maximum Gasteiger partial charge on any atom is 0.394 e. The number of amides is 1. The molecule has 1 unspecified atom stereocenters. The van der Waals surface area contributed by atoms with Crippen LogP contribution in [0.1, 0.15) is 62.1 Å². The number of para-hydroxylation sites is 2. The highest BCUT2D eigenvalue weighted by molar-refractivity contribution is 5.97. The van der Waals surface area contributed by atoms with Gasteiger partial charge in [-0.25, -0.2) is 0 Å². The van der Waals surface area contributed by atoms with Crippen LogP contribution in [0.3, 0.4) is 0 Å². The summed E-state index contributed by atoms with van der Waals surface area (Å²) >= 11 is 0. The van der Waals surface area contributed by atoms with E-state index in [0.717, 1.165) is 11.3 Å². The molecule has 2 heterocycles. The van der Waals surface area contributed by atoms with Gasteiger partial charge in [-0.3, -0.25) is 4.79 Å². The number of carbonyl (C=O) groups is 1. The maximum atomic E-state index is 13.4. The number of piperidine rings is 1. The zero-order valence-electron chi connectivity index (χ0n) is 18.6. The molecule has 5 nitrogen and oxygen atoms in total. The number of carbonyl (C=O) groups excluding carboxylic acids is 1. The molecule has 1 atom stereocenters. The lowest BCUT2D eigenvalue weighted by atomic mass is 9.81. The van der Waals surface area contributed by atoms with Gasteiger partial charge in [-0.05, 0) is 32.0 Å². The minimum Gasteiger partial charge on any atom is -0.487 e. The molecular formula is C25H29F2NO4. The normalized spacial score (nSPS) is 20.1. The number of nitrogens with zero attached hydrogens (tertiary/aromatic N) is 1. The molecule has 1 fully saturated rings. The fourth-order valence-corrected chi connectivity index (χ4v) is 4.53. The highest BCUT2D eigenvalue weighted by Gasteiger charge is 2.45. The van der Waals surface area contributed by atoms with E-state index in [9.17, 15) is 13.6 Å². The summed E-state index contributed by atoms with van der Waals surface area (Å²) in [5, 5.41) is 0. The summed E-state index contributed by atoms with van der Waals surface area (Å²) in [5.74, 6) is 0.400. The lowest BCUT2D eigenvalue weighted by Crippen LogP contribution is -2.52. The Morgan fingerprint density at radius 3 is 2.47 bits per heavy atom. The summed E-state index contributed by atoms with van der Waals surface area (Å²) < 4.78 is 44.2. The topological polar surface area (TPSA) is 48.0 Å². The van der Waals surface area contributed by atoms with E-state index in [4.69, 9.17) is 14.2 Å². The minimum absolute atomic E-state index is 0.0666. The zero-order valence-corrected chi connectivity index (χ0v) is 18.6. The van der Waals surface area contributed by atoms with Gasteiger partial charge in [-0.15, -0.1) is 0 Å². The smallest absolute Gasteiger partial charge is 0.394 e. The van der Waals surface area contributed by atoms with Crippen LogP contribution in [0.25, 0.3) is 0 Å². The van der Waals surface area contributed by atoms with Gasteiger partial charge in [0.15, 0.2) is 0 Å².